The number of thiophene rings is 1. The molecule has 0 amide bonds. The number of aromatic nitrogens is 1. The van der Waals surface area contributed by atoms with Gasteiger partial charge in [-0.15, -0.1) is 11.3 Å². The smallest absolute Gasteiger partial charge is 0.201 e. The molecular formula is C44H29N3S. The molecular weight excluding hydrogens is 603 g/mol. The molecule has 9 aromatic rings. The minimum atomic E-state index is -0.345. The summed E-state index contributed by atoms with van der Waals surface area (Å²) in [6, 6.07) is 58.8. The molecule has 2 aromatic heterocycles. The molecule has 48 heavy (non-hydrogen) atoms. The van der Waals surface area contributed by atoms with Crippen LogP contribution in [0.15, 0.2) is 169 Å². The van der Waals surface area contributed by atoms with Gasteiger partial charge in [0.25, 0.3) is 0 Å². The third-order valence-electron chi connectivity index (χ3n) is 9.64. The highest BCUT2D eigenvalue weighted by Gasteiger charge is 2.27. The molecule has 0 bridgehead atoms. The van der Waals surface area contributed by atoms with Gasteiger partial charge in [0.15, 0.2) is 0 Å². The van der Waals surface area contributed by atoms with Crippen LogP contribution in [0.1, 0.15) is 17.4 Å². The quantitative estimate of drug-likeness (QED) is 0.206. The number of nitrogens with one attached hydrogen (secondary N) is 1. The molecule has 1 N–H and O–H groups in total. The van der Waals surface area contributed by atoms with Crippen LogP contribution in [0.4, 0.5) is 5.69 Å². The lowest BCUT2D eigenvalue weighted by Crippen LogP contribution is -2.24. The van der Waals surface area contributed by atoms with E-state index >= 15 is 0 Å². The zero-order valence-corrected chi connectivity index (χ0v) is 26.8. The van der Waals surface area contributed by atoms with E-state index in [1.807, 2.05) is 11.3 Å². The third kappa shape index (κ3) is 4.23. The maximum absolute atomic E-state index is 5.55. The van der Waals surface area contributed by atoms with Crippen molar-refractivity contribution in [2.45, 2.75) is 6.29 Å². The van der Waals surface area contributed by atoms with Crippen molar-refractivity contribution in [3.63, 3.8) is 0 Å². The first kappa shape index (κ1) is 27.2. The molecule has 1 aliphatic heterocycles. The first-order valence-corrected chi connectivity index (χ1v) is 17.1. The number of aliphatic imine (C=N–C) groups is 1. The van der Waals surface area contributed by atoms with Crippen LogP contribution in [-0.2, 0) is 0 Å². The van der Waals surface area contributed by atoms with E-state index in [2.05, 4.69) is 174 Å². The number of hydrogen-bond acceptors (Lipinski definition) is 3. The molecule has 0 radical (unpaired) electrons. The maximum atomic E-state index is 5.55. The van der Waals surface area contributed by atoms with Crippen molar-refractivity contribution in [2.75, 3.05) is 5.32 Å². The highest BCUT2D eigenvalue weighted by Crippen LogP contribution is 2.45. The predicted molar refractivity (Wildman–Crippen MR) is 204 cm³/mol. The van der Waals surface area contributed by atoms with Gasteiger partial charge in [0.05, 0.1) is 21.4 Å². The van der Waals surface area contributed by atoms with Crippen LogP contribution < -0.4 is 5.32 Å². The summed E-state index contributed by atoms with van der Waals surface area (Å²) < 4.78 is 5.02. The van der Waals surface area contributed by atoms with Crippen LogP contribution >= 0.6 is 11.3 Å². The monoisotopic (exact) mass is 631 g/mol. The summed E-state index contributed by atoms with van der Waals surface area (Å²) in [5.41, 5.74) is 11.5. The molecule has 3 heterocycles. The molecule has 0 saturated carbocycles. The molecule has 1 aliphatic rings. The van der Waals surface area contributed by atoms with E-state index < -0.39 is 0 Å². The molecule has 3 nitrogen and oxygen atoms in total. The van der Waals surface area contributed by atoms with E-state index in [9.17, 15) is 0 Å². The van der Waals surface area contributed by atoms with E-state index in [1.165, 1.54) is 58.7 Å². The lowest BCUT2D eigenvalue weighted by molar-refractivity contribution is 0.626. The summed E-state index contributed by atoms with van der Waals surface area (Å²) in [4.78, 5) is 5.55. The summed E-state index contributed by atoms with van der Waals surface area (Å²) in [5, 5.41) is 8.90. The Kier molecular flexibility index (Phi) is 6.11. The van der Waals surface area contributed by atoms with E-state index in [0.29, 0.717) is 0 Å². The molecule has 7 aromatic carbocycles. The number of nitrogens with zero attached hydrogens (tertiary/aromatic N) is 2. The topological polar surface area (TPSA) is 29.3 Å². The van der Waals surface area contributed by atoms with Crippen molar-refractivity contribution >= 4 is 64.7 Å². The summed E-state index contributed by atoms with van der Waals surface area (Å²) in [6.07, 6.45) is -0.345. The number of anilines is 1. The van der Waals surface area contributed by atoms with Crippen LogP contribution in [0.3, 0.4) is 0 Å². The van der Waals surface area contributed by atoms with Gasteiger partial charge in [-0.25, -0.2) is 4.99 Å². The SMILES string of the molecule is c1ccc(-c2ccc(C3=NC(n4c5ccc(-c6ccccc6)cc5c5ccc6c7ccccc7sc6c54)Nc4ccccc43)cc2)cc1. The van der Waals surface area contributed by atoms with Crippen molar-refractivity contribution in [3.05, 3.63) is 175 Å². The average molecular weight is 632 g/mol. The van der Waals surface area contributed by atoms with Gasteiger partial charge in [0.2, 0.25) is 6.29 Å². The van der Waals surface area contributed by atoms with Gasteiger partial charge < -0.3 is 5.32 Å². The Hall–Kier alpha value is -5.97. The number of fused-ring (bicyclic) bond motifs is 8. The van der Waals surface area contributed by atoms with Crippen LogP contribution in [0, 0.1) is 0 Å². The molecule has 0 fully saturated rings. The zero-order valence-electron chi connectivity index (χ0n) is 26.0. The van der Waals surface area contributed by atoms with E-state index in [-0.39, 0.29) is 6.29 Å². The maximum Gasteiger partial charge on any atom is 0.201 e. The standard InChI is InChI=1S/C44H29N3S/c1-3-11-28(12-4-1)30-19-21-31(22-20-30)41-36-16-7-9-17-38(36)45-44(46-41)47-39-26-23-32(29-13-5-2-6-14-29)27-37(39)34-24-25-35-33-15-8-10-18-40(33)48-43(35)42(34)47/h1-27,44-45H. The van der Waals surface area contributed by atoms with Crippen LogP contribution in [0.2, 0.25) is 0 Å². The molecule has 4 heteroatoms. The molecule has 0 saturated heterocycles. The lowest BCUT2D eigenvalue weighted by Gasteiger charge is -2.28. The molecule has 226 valence electrons. The second kappa shape index (κ2) is 10.8. The Morgan fingerprint density at radius 3 is 1.94 bits per heavy atom. The Balaban J connectivity index is 1.23. The van der Waals surface area contributed by atoms with Crippen molar-refractivity contribution in [3.8, 4) is 22.3 Å². The normalized spacial score (nSPS) is 14.3. The summed E-state index contributed by atoms with van der Waals surface area (Å²) in [6.45, 7) is 0. The number of hydrogen-bond donors (Lipinski definition) is 1. The summed E-state index contributed by atoms with van der Waals surface area (Å²) in [5.74, 6) is 0. The zero-order chi connectivity index (χ0) is 31.6. The van der Waals surface area contributed by atoms with E-state index in [1.54, 1.807) is 0 Å². The minimum absolute atomic E-state index is 0.345. The Morgan fingerprint density at radius 1 is 0.500 bits per heavy atom. The molecule has 0 spiro atoms. The highest BCUT2D eigenvalue weighted by molar-refractivity contribution is 7.26. The number of benzene rings is 7. The second-order valence-corrected chi connectivity index (χ2v) is 13.4. The predicted octanol–water partition coefficient (Wildman–Crippen LogP) is 11.9. The first-order valence-electron chi connectivity index (χ1n) is 16.3. The minimum Gasteiger partial charge on any atom is -0.346 e. The molecule has 10 rings (SSSR count). The van der Waals surface area contributed by atoms with E-state index in [4.69, 9.17) is 4.99 Å². The summed E-state index contributed by atoms with van der Waals surface area (Å²) >= 11 is 1.87. The Labute approximate surface area is 282 Å². The van der Waals surface area contributed by atoms with Gasteiger partial charge in [0.1, 0.15) is 0 Å². The largest absolute Gasteiger partial charge is 0.346 e. The van der Waals surface area contributed by atoms with Gasteiger partial charge in [-0.3, -0.25) is 4.57 Å². The Morgan fingerprint density at radius 2 is 1.12 bits per heavy atom. The van der Waals surface area contributed by atoms with E-state index in [0.717, 1.165) is 28.0 Å². The fraction of sp³-hybridized carbons (Fsp3) is 0.0227. The van der Waals surface area contributed by atoms with Gasteiger partial charge in [-0.2, -0.15) is 0 Å². The van der Waals surface area contributed by atoms with Crippen molar-refractivity contribution in [1.29, 1.82) is 0 Å². The van der Waals surface area contributed by atoms with Gasteiger partial charge >= 0.3 is 0 Å². The third-order valence-corrected chi connectivity index (χ3v) is 10.8. The van der Waals surface area contributed by atoms with Crippen molar-refractivity contribution < 1.29 is 0 Å². The molecule has 1 unspecified atom stereocenters. The summed E-state index contributed by atoms with van der Waals surface area (Å²) in [7, 11) is 0. The second-order valence-electron chi connectivity index (χ2n) is 12.4. The number of rotatable bonds is 4. The Bertz CT molecular complexity index is 2680. The van der Waals surface area contributed by atoms with Crippen molar-refractivity contribution in [1.82, 2.24) is 4.57 Å². The fourth-order valence-corrected chi connectivity index (χ4v) is 8.61. The van der Waals surface area contributed by atoms with Gasteiger partial charge in [0, 0.05) is 43.1 Å². The first-order chi connectivity index (χ1) is 23.8. The average Bonchev–Trinajstić information content (AvgIpc) is 3.71. The number of para-hydroxylation sites is 1. The van der Waals surface area contributed by atoms with Gasteiger partial charge in [-0.1, -0.05) is 140 Å². The van der Waals surface area contributed by atoms with Crippen LogP contribution in [0.25, 0.3) is 64.2 Å². The highest BCUT2D eigenvalue weighted by atomic mass is 32.1. The van der Waals surface area contributed by atoms with Crippen LogP contribution in [0.5, 0.6) is 0 Å². The fourth-order valence-electron chi connectivity index (χ4n) is 7.36. The van der Waals surface area contributed by atoms with Crippen molar-refractivity contribution in [2.24, 2.45) is 4.99 Å². The molecule has 1 atom stereocenters. The van der Waals surface area contributed by atoms with Crippen LogP contribution in [-0.4, -0.2) is 10.3 Å². The lowest BCUT2D eigenvalue weighted by atomic mass is 9.96. The molecule has 0 aliphatic carbocycles. The van der Waals surface area contributed by atoms with Gasteiger partial charge in [-0.05, 0) is 46.5 Å².